The maximum Gasteiger partial charge on any atom is 0.0740 e. The number of hydrogen-bond acceptors (Lipinski definition) is 3. The van der Waals surface area contributed by atoms with Gasteiger partial charge in [0.1, 0.15) is 0 Å². The minimum absolute atomic E-state index is 0.0228. The third-order valence-corrected chi connectivity index (χ3v) is 3.74. The van der Waals surface area contributed by atoms with Crippen molar-refractivity contribution < 1.29 is 4.74 Å². The van der Waals surface area contributed by atoms with Gasteiger partial charge in [-0.1, -0.05) is 41.5 Å². The minimum Gasteiger partial charge on any atom is -0.380 e. The second-order valence-corrected chi connectivity index (χ2v) is 7.67. The predicted molar refractivity (Wildman–Crippen MR) is 77.7 cm³/mol. The van der Waals surface area contributed by atoms with E-state index in [1.54, 1.807) is 0 Å². The molecule has 0 saturated carbocycles. The Bertz CT molecular complexity index is 477. The third-order valence-electron chi connectivity index (χ3n) is 3.74. The lowest BCUT2D eigenvalue weighted by atomic mass is 9.75. The number of nitrogens with zero attached hydrogens (tertiary/aromatic N) is 2. The van der Waals surface area contributed by atoms with Gasteiger partial charge >= 0.3 is 0 Å². The summed E-state index contributed by atoms with van der Waals surface area (Å²) in [6, 6.07) is 0. The van der Waals surface area contributed by atoms with Crippen molar-refractivity contribution in [1.29, 1.82) is 0 Å². The number of ether oxygens (including phenoxy) is 1. The molecule has 19 heavy (non-hydrogen) atoms. The zero-order chi connectivity index (χ0) is 14.4. The summed E-state index contributed by atoms with van der Waals surface area (Å²) >= 11 is 0. The fourth-order valence-electron chi connectivity index (χ4n) is 2.76. The van der Waals surface area contributed by atoms with Crippen LogP contribution in [0.2, 0.25) is 0 Å². The van der Waals surface area contributed by atoms with Gasteiger partial charge in [0, 0.05) is 5.41 Å². The third kappa shape index (κ3) is 2.66. The molecule has 1 aliphatic heterocycles. The predicted octanol–water partition coefficient (Wildman–Crippen LogP) is 3.49. The summed E-state index contributed by atoms with van der Waals surface area (Å²) < 4.78 is 5.30. The van der Waals surface area contributed by atoms with Crippen LogP contribution in [0.25, 0.3) is 0 Å². The second kappa shape index (κ2) is 4.55. The quantitative estimate of drug-likeness (QED) is 0.777. The molecule has 0 unspecified atom stereocenters. The first kappa shape index (κ1) is 14.4. The van der Waals surface area contributed by atoms with Crippen LogP contribution in [0.3, 0.4) is 0 Å². The molecule has 1 aliphatic rings. The van der Waals surface area contributed by atoms with E-state index in [0.29, 0.717) is 5.92 Å². The van der Waals surface area contributed by atoms with E-state index >= 15 is 0 Å². The average Bonchev–Trinajstić information content (AvgIpc) is 2.14. The van der Waals surface area contributed by atoms with Crippen LogP contribution in [0.4, 0.5) is 0 Å². The van der Waals surface area contributed by atoms with Gasteiger partial charge in [0.05, 0.1) is 30.5 Å². The first-order valence-corrected chi connectivity index (χ1v) is 7.08. The molecule has 1 aromatic rings. The largest absolute Gasteiger partial charge is 0.380 e. The van der Waals surface area contributed by atoms with Crippen LogP contribution >= 0.6 is 0 Å². The first-order chi connectivity index (χ1) is 8.62. The van der Waals surface area contributed by atoms with E-state index in [1.807, 2.05) is 0 Å². The lowest BCUT2D eigenvalue weighted by molar-refractivity contribution is 0.00594. The summed E-state index contributed by atoms with van der Waals surface area (Å²) in [5.74, 6) is 0.433. The van der Waals surface area contributed by atoms with E-state index in [2.05, 4.69) is 58.7 Å². The van der Waals surface area contributed by atoms with Gasteiger partial charge in [-0.05, 0) is 23.5 Å². The van der Waals surface area contributed by atoms with Crippen LogP contribution in [0.5, 0.6) is 0 Å². The molecule has 3 heteroatoms. The molecule has 0 amide bonds. The highest BCUT2D eigenvalue weighted by molar-refractivity contribution is 5.41. The van der Waals surface area contributed by atoms with Gasteiger partial charge in [0.2, 0.25) is 0 Å². The lowest BCUT2D eigenvalue weighted by Crippen LogP contribution is -2.31. The first-order valence-electron chi connectivity index (χ1n) is 7.08. The molecule has 1 saturated heterocycles. The summed E-state index contributed by atoms with van der Waals surface area (Å²) in [6.07, 6.45) is 0. The van der Waals surface area contributed by atoms with E-state index in [4.69, 9.17) is 4.74 Å². The SMILES string of the molecule is Cc1c(C2COC2)nnc(C(C)(C)C)c1C(C)(C)C. The topological polar surface area (TPSA) is 35.0 Å². The van der Waals surface area contributed by atoms with E-state index < -0.39 is 0 Å². The van der Waals surface area contributed by atoms with Crippen molar-refractivity contribution in [1.82, 2.24) is 10.2 Å². The molecule has 0 atom stereocenters. The number of hydrogen-bond donors (Lipinski definition) is 0. The van der Waals surface area contributed by atoms with E-state index in [1.165, 1.54) is 11.1 Å². The Hall–Kier alpha value is -0.960. The smallest absolute Gasteiger partial charge is 0.0740 e. The molecule has 0 aromatic carbocycles. The van der Waals surface area contributed by atoms with Crippen LogP contribution < -0.4 is 0 Å². The zero-order valence-corrected chi connectivity index (χ0v) is 13.3. The molecule has 0 aliphatic carbocycles. The van der Waals surface area contributed by atoms with Gasteiger partial charge in [-0.2, -0.15) is 10.2 Å². The molecular weight excluding hydrogens is 236 g/mol. The van der Waals surface area contributed by atoms with Crippen LogP contribution in [0, 0.1) is 6.92 Å². The van der Waals surface area contributed by atoms with Crippen LogP contribution in [0.1, 0.15) is 70.0 Å². The Morgan fingerprint density at radius 1 is 0.947 bits per heavy atom. The molecule has 0 radical (unpaired) electrons. The molecule has 0 spiro atoms. The average molecular weight is 262 g/mol. The molecule has 1 aromatic heterocycles. The maximum atomic E-state index is 5.30. The van der Waals surface area contributed by atoms with Crippen molar-refractivity contribution in [3.8, 4) is 0 Å². The molecular formula is C16H26N2O. The molecule has 3 nitrogen and oxygen atoms in total. The van der Waals surface area contributed by atoms with Crippen LogP contribution in [-0.2, 0) is 15.6 Å². The highest BCUT2D eigenvalue weighted by atomic mass is 16.5. The Kier molecular flexibility index (Phi) is 3.46. The Morgan fingerprint density at radius 2 is 1.53 bits per heavy atom. The summed E-state index contributed by atoms with van der Waals surface area (Å²) in [6.45, 7) is 17.2. The van der Waals surface area contributed by atoms with Gasteiger partial charge in [-0.3, -0.25) is 0 Å². The Morgan fingerprint density at radius 3 is 1.89 bits per heavy atom. The summed E-state index contributed by atoms with van der Waals surface area (Å²) in [7, 11) is 0. The van der Waals surface area contributed by atoms with E-state index in [-0.39, 0.29) is 10.8 Å². The summed E-state index contributed by atoms with van der Waals surface area (Å²) in [4.78, 5) is 0. The molecule has 106 valence electrons. The molecule has 2 heterocycles. The summed E-state index contributed by atoms with van der Waals surface area (Å²) in [5.41, 5.74) is 5.03. The van der Waals surface area contributed by atoms with Gasteiger partial charge in [-0.15, -0.1) is 0 Å². The van der Waals surface area contributed by atoms with E-state index in [0.717, 1.165) is 24.6 Å². The molecule has 0 N–H and O–H groups in total. The van der Waals surface area contributed by atoms with Gasteiger partial charge in [0.25, 0.3) is 0 Å². The van der Waals surface area contributed by atoms with Crippen molar-refractivity contribution in [2.24, 2.45) is 0 Å². The Balaban J connectivity index is 2.62. The van der Waals surface area contributed by atoms with Crippen molar-refractivity contribution in [3.63, 3.8) is 0 Å². The second-order valence-electron chi connectivity index (χ2n) is 7.67. The van der Waals surface area contributed by atoms with Gasteiger partial charge in [0.15, 0.2) is 0 Å². The summed E-state index contributed by atoms with van der Waals surface area (Å²) in [5, 5.41) is 9.09. The number of rotatable bonds is 1. The Labute approximate surface area is 116 Å². The van der Waals surface area contributed by atoms with Crippen molar-refractivity contribution in [2.45, 2.75) is 65.2 Å². The highest BCUT2D eigenvalue weighted by Gasteiger charge is 2.33. The van der Waals surface area contributed by atoms with Crippen LogP contribution in [0.15, 0.2) is 0 Å². The molecule has 0 bridgehead atoms. The van der Waals surface area contributed by atoms with Crippen molar-refractivity contribution in [2.75, 3.05) is 13.2 Å². The van der Waals surface area contributed by atoms with Crippen LogP contribution in [-0.4, -0.2) is 23.4 Å². The lowest BCUT2D eigenvalue weighted by Gasteiger charge is -2.33. The highest BCUT2D eigenvalue weighted by Crippen LogP contribution is 2.37. The zero-order valence-electron chi connectivity index (χ0n) is 13.3. The van der Waals surface area contributed by atoms with Crippen molar-refractivity contribution >= 4 is 0 Å². The minimum atomic E-state index is 0.0228. The maximum absolute atomic E-state index is 5.30. The normalized spacial score (nSPS) is 17.4. The van der Waals surface area contributed by atoms with Gasteiger partial charge < -0.3 is 4.74 Å². The monoisotopic (exact) mass is 262 g/mol. The molecule has 2 rings (SSSR count). The number of aromatic nitrogens is 2. The van der Waals surface area contributed by atoms with Crippen molar-refractivity contribution in [3.05, 3.63) is 22.5 Å². The van der Waals surface area contributed by atoms with Gasteiger partial charge in [-0.25, -0.2) is 0 Å². The van der Waals surface area contributed by atoms with E-state index in [9.17, 15) is 0 Å². The fourth-order valence-corrected chi connectivity index (χ4v) is 2.76. The fraction of sp³-hybridized carbons (Fsp3) is 0.750. The molecule has 1 fully saturated rings. The standard InChI is InChI=1S/C16H26N2O/c1-10-12(15(2,3)4)14(16(5,6)7)18-17-13(10)11-8-19-9-11/h11H,8-9H2,1-7H3.